The third-order valence-corrected chi connectivity index (χ3v) is 2.18. The first-order valence-electron chi connectivity index (χ1n) is 5.10. The van der Waals surface area contributed by atoms with Crippen molar-refractivity contribution in [3.8, 4) is 0 Å². The molecule has 1 atom stereocenters. The largest absolute Gasteiger partial charge is 0.315 e. The molecule has 0 aliphatic carbocycles. The number of nitrogens with one attached hydrogen (secondary N) is 2. The van der Waals surface area contributed by atoms with Crippen molar-refractivity contribution in [1.29, 1.82) is 0 Å². The summed E-state index contributed by atoms with van der Waals surface area (Å²) in [6, 6.07) is 10.4. The molecule has 0 saturated carbocycles. The quantitative estimate of drug-likeness (QED) is 0.361. The van der Waals surface area contributed by atoms with Gasteiger partial charge in [-0.3, -0.25) is 11.3 Å². The average Bonchev–Trinajstić information content (AvgIpc) is 2.26. The van der Waals surface area contributed by atoms with Crippen molar-refractivity contribution >= 4 is 0 Å². The van der Waals surface area contributed by atoms with E-state index >= 15 is 0 Å². The molecular formula is C11H19N3. The second-order valence-corrected chi connectivity index (χ2v) is 3.33. The fourth-order valence-corrected chi connectivity index (χ4v) is 1.38. The molecule has 3 nitrogen and oxygen atoms in total. The predicted molar refractivity (Wildman–Crippen MR) is 59.7 cm³/mol. The monoisotopic (exact) mass is 193 g/mol. The summed E-state index contributed by atoms with van der Waals surface area (Å²) < 4.78 is 0. The van der Waals surface area contributed by atoms with Crippen LogP contribution < -0.4 is 16.6 Å². The third-order valence-electron chi connectivity index (χ3n) is 2.18. The zero-order valence-corrected chi connectivity index (χ0v) is 8.66. The summed E-state index contributed by atoms with van der Waals surface area (Å²) in [5.41, 5.74) is 4.04. The molecule has 0 heterocycles. The van der Waals surface area contributed by atoms with E-state index in [1.54, 1.807) is 0 Å². The Balaban J connectivity index is 2.46. The summed E-state index contributed by atoms with van der Waals surface area (Å²) in [7, 11) is 0. The van der Waals surface area contributed by atoms with Crippen LogP contribution in [0, 0.1) is 0 Å². The lowest BCUT2D eigenvalue weighted by Crippen LogP contribution is -2.36. The Bertz CT molecular complexity index is 236. The fraction of sp³-hybridized carbons (Fsp3) is 0.455. The Kier molecular flexibility index (Phi) is 5.22. The Labute approximate surface area is 85.7 Å². The van der Waals surface area contributed by atoms with Crippen molar-refractivity contribution < 1.29 is 0 Å². The van der Waals surface area contributed by atoms with Crippen molar-refractivity contribution in [2.75, 3.05) is 13.1 Å². The normalized spacial score (nSPS) is 12.7. The zero-order valence-electron chi connectivity index (χ0n) is 8.66. The lowest BCUT2D eigenvalue weighted by Gasteiger charge is -2.16. The molecule has 3 heteroatoms. The van der Waals surface area contributed by atoms with Gasteiger partial charge in [-0.15, -0.1) is 0 Å². The fourth-order valence-electron chi connectivity index (χ4n) is 1.38. The van der Waals surface area contributed by atoms with Crippen LogP contribution in [0.15, 0.2) is 30.3 Å². The summed E-state index contributed by atoms with van der Waals surface area (Å²) in [6.07, 6.45) is 1.14. The highest BCUT2D eigenvalue weighted by molar-refractivity contribution is 5.18. The van der Waals surface area contributed by atoms with Gasteiger partial charge in [0.25, 0.3) is 0 Å². The lowest BCUT2D eigenvalue weighted by molar-refractivity contribution is 0.502. The van der Waals surface area contributed by atoms with Crippen LogP contribution >= 0.6 is 0 Å². The lowest BCUT2D eigenvalue weighted by atomic mass is 10.1. The van der Waals surface area contributed by atoms with Crippen molar-refractivity contribution in [3.05, 3.63) is 35.9 Å². The van der Waals surface area contributed by atoms with Crippen molar-refractivity contribution in [2.24, 2.45) is 5.84 Å². The summed E-state index contributed by atoms with van der Waals surface area (Å²) >= 11 is 0. The highest BCUT2D eigenvalue weighted by atomic mass is 15.2. The number of benzene rings is 1. The van der Waals surface area contributed by atoms with Gasteiger partial charge in [-0.25, -0.2) is 0 Å². The molecule has 4 N–H and O–H groups in total. The maximum absolute atomic E-state index is 5.50. The summed E-state index contributed by atoms with van der Waals surface area (Å²) in [5, 5.41) is 3.34. The van der Waals surface area contributed by atoms with E-state index in [0.29, 0.717) is 0 Å². The molecule has 0 saturated heterocycles. The van der Waals surface area contributed by atoms with Gasteiger partial charge in [-0.05, 0) is 18.5 Å². The van der Waals surface area contributed by atoms with Crippen LogP contribution in [0.5, 0.6) is 0 Å². The molecule has 0 unspecified atom stereocenters. The van der Waals surface area contributed by atoms with Crippen molar-refractivity contribution in [2.45, 2.75) is 19.4 Å². The second-order valence-electron chi connectivity index (χ2n) is 3.33. The molecule has 1 aromatic carbocycles. The molecule has 0 radical (unpaired) electrons. The molecular weight excluding hydrogens is 174 g/mol. The summed E-state index contributed by atoms with van der Waals surface area (Å²) in [4.78, 5) is 0. The van der Waals surface area contributed by atoms with Crippen LogP contribution in [0.25, 0.3) is 0 Å². The SMILES string of the molecule is CCCNC[C@@H](NN)c1ccccc1. The maximum Gasteiger partial charge on any atom is 0.0584 e. The van der Waals surface area contributed by atoms with E-state index in [1.807, 2.05) is 18.2 Å². The molecule has 0 spiro atoms. The Morgan fingerprint density at radius 3 is 2.57 bits per heavy atom. The van der Waals surface area contributed by atoms with E-state index in [4.69, 9.17) is 5.84 Å². The van der Waals surface area contributed by atoms with Gasteiger partial charge in [-0.1, -0.05) is 37.3 Å². The van der Waals surface area contributed by atoms with E-state index in [0.717, 1.165) is 19.5 Å². The molecule has 0 fully saturated rings. The molecule has 0 bridgehead atoms. The van der Waals surface area contributed by atoms with Crippen LogP contribution in [0.2, 0.25) is 0 Å². The average molecular weight is 193 g/mol. The number of rotatable bonds is 6. The van der Waals surface area contributed by atoms with Crippen LogP contribution in [0.1, 0.15) is 24.9 Å². The third kappa shape index (κ3) is 3.46. The first kappa shape index (κ1) is 11.2. The van der Waals surface area contributed by atoms with Crippen LogP contribution in [-0.4, -0.2) is 13.1 Å². The molecule has 0 amide bonds. The Morgan fingerprint density at radius 2 is 2.00 bits per heavy atom. The molecule has 14 heavy (non-hydrogen) atoms. The van der Waals surface area contributed by atoms with Crippen LogP contribution in [0.4, 0.5) is 0 Å². The van der Waals surface area contributed by atoms with Gasteiger partial charge in [0, 0.05) is 6.54 Å². The number of hydrazine groups is 1. The standard InChI is InChI=1S/C11H19N3/c1-2-8-13-9-11(14-12)10-6-4-3-5-7-10/h3-7,11,13-14H,2,8-9,12H2,1H3/t11-/m1/s1. The second kappa shape index (κ2) is 6.54. The van der Waals surface area contributed by atoms with E-state index in [2.05, 4.69) is 29.8 Å². The molecule has 0 aromatic heterocycles. The summed E-state index contributed by atoms with van der Waals surface area (Å²) in [5.74, 6) is 5.50. The molecule has 1 rings (SSSR count). The van der Waals surface area contributed by atoms with Gasteiger partial charge in [0.05, 0.1) is 6.04 Å². The topological polar surface area (TPSA) is 50.1 Å². The minimum atomic E-state index is 0.197. The van der Waals surface area contributed by atoms with Gasteiger partial charge in [0.15, 0.2) is 0 Å². The predicted octanol–water partition coefficient (Wildman–Crippen LogP) is 1.19. The first-order valence-corrected chi connectivity index (χ1v) is 5.10. The first-order chi connectivity index (χ1) is 6.88. The Hall–Kier alpha value is -0.900. The van der Waals surface area contributed by atoms with Crippen LogP contribution in [0.3, 0.4) is 0 Å². The van der Waals surface area contributed by atoms with E-state index in [-0.39, 0.29) is 6.04 Å². The van der Waals surface area contributed by atoms with E-state index < -0.39 is 0 Å². The number of hydrogen-bond acceptors (Lipinski definition) is 3. The molecule has 1 aromatic rings. The van der Waals surface area contributed by atoms with Gasteiger partial charge < -0.3 is 5.32 Å². The maximum atomic E-state index is 5.50. The van der Waals surface area contributed by atoms with Gasteiger partial charge in [0.1, 0.15) is 0 Å². The van der Waals surface area contributed by atoms with Gasteiger partial charge in [-0.2, -0.15) is 0 Å². The minimum Gasteiger partial charge on any atom is -0.315 e. The number of hydrogen-bond donors (Lipinski definition) is 3. The van der Waals surface area contributed by atoms with Gasteiger partial charge >= 0.3 is 0 Å². The highest BCUT2D eigenvalue weighted by Gasteiger charge is 2.06. The molecule has 0 aliphatic rings. The van der Waals surface area contributed by atoms with Crippen LogP contribution in [-0.2, 0) is 0 Å². The smallest absolute Gasteiger partial charge is 0.0584 e. The van der Waals surface area contributed by atoms with E-state index in [9.17, 15) is 0 Å². The zero-order chi connectivity index (χ0) is 10.2. The van der Waals surface area contributed by atoms with Crippen molar-refractivity contribution in [1.82, 2.24) is 10.7 Å². The molecule has 0 aliphatic heterocycles. The Morgan fingerprint density at radius 1 is 1.29 bits per heavy atom. The summed E-state index contributed by atoms with van der Waals surface area (Å²) in [6.45, 7) is 4.06. The van der Waals surface area contributed by atoms with E-state index in [1.165, 1.54) is 5.56 Å². The highest BCUT2D eigenvalue weighted by Crippen LogP contribution is 2.09. The minimum absolute atomic E-state index is 0.197. The molecule has 78 valence electrons. The van der Waals surface area contributed by atoms with Crippen molar-refractivity contribution in [3.63, 3.8) is 0 Å². The number of nitrogens with two attached hydrogens (primary N) is 1. The van der Waals surface area contributed by atoms with Gasteiger partial charge in [0.2, 0.25) is 0 Å².